The second-order valence-corrected chi connectivity index (χ2v) is 7.09. The van der Waals surface area contributed by atoms with E-state index in [0.29, 0.717) is 31.6 Å². The van der Waals surface area contributed by atoms with E-state index in [9.17, 15) is 14.0 Å². The summed E-state index contributed by atoms with van der Waals surface area (Å²) in [5, 5.41) is 5.67. The summed E-state index contributed by atoms with van der Waals surface area (Å²) in [5.74, 6) is -1.03. The minimum atomic E-state index is -0.682. The van der Waals surface area contributed by atoms with Crippen LogP contribution >= 0.6 is 23.2 Å². The Bertz CT molecular complexity index is 840. The van der Waals surface area contributed by atoms with Gasteiger partial charge in [0.1, 0.15) is 5.82 Å². The highest BCUT2D eigenvalue weighted by Crippen LogP contribution is 2.26. The molecule has 0 spiro atoms. The predicted octanol–water partition coefficient (Wildman–Crippen LogP) is 4.56. The summed E-state index contributed by atoms with van der Waals surface area (Å²) >= 11 is 11.7. The fourth-order valence-electron chi connectivity index (χ4n) is 2.96. The van der Waals surface area contributed by atoms with E-state index in [1.165, 1.54) is 6.07 Å². The van der Waals surface area contributed by atoms with Crippen LogP contribution in [0.25, 0.3) is 0 Å². The number of carbonyl (C=O) groups is 2. The van der Waals surface area contributed by atoms with Gasteiger partial charge in [-0.25, -0.2) is 9.18 Å². The molecule has 1 saturated heterocycles. The highest BCUT2D eigenvalue weighted by molar-refractivity contribution is 6.36. The zero-order chi connectivity index (χ0) is 19.4. The lowest BCUT2D eigenvalue weighted by Gasteiger charge is -2.32. The van der Waals surface area contributed by atoms with Crippen molar-refractivity contribution in [1.29, 1.82) is 0 Å². The molecule has 2 aromatic carbocycles. The van der Waals surface area contributed by atoms with E-state index in [1.54, 1.807) is 17.0 Å². The van der Waals surface area contributed by atoms with E-state index in [-0.39, 0.29) is 33.6 Å². The van der Waals surface area contributed by atoms with Crippen molar-refractivity contribution < 1.29 is 14.0 Å². The van der Waals surface area contributed by atoms with Crippen molar-refractivity contribution in [2.24, 2.45) is 0 Å². The first-order valence-electron chi connectivity index (χ1n) is 8.50. The van der Waals surface area contributed by atoms with Gasteiger partial charge in [-0.15, -0.1) is 0 Å². The third-order valence-electron chi connectivity index (χ3n) is 4.39. The van der Waals surface area contributed by atoms with E-state index >= 15 is 0 Å². The molecule has 0 bridgehead atoms. The standard InChI is InChI=1S/C19H18Cl2FN3O2/c20-15-11-16(21)17(22)10-14(15)18(26)25-8-6-13(7-9-25)24-19(27)23-12-4-2-1-3-5-12/h1-5,10-11,13H,6-9H2,(H2,23,24,27). The number of anilines is 1. The number of piperidine rings is 1. The lowest BCUT2D eigenvalue weighted by atomic mass is 10.0. The Morgan fingerprint density at radius 1 is 1.04 bits per heavy atom. The second-order valence-electron chi connectivity index (χ2n) is 6.28. The number of nitrogens with one attached hydrogen (secondary N) is 2. The Hall–Kier alpha value is -2.31. The van der Waals surface area contributed by atoms with Crippen molar-refractivity contribution in [3.05, 3.63) is 63.9 Å². The molecular formula is C19H18Cl2FN3O2. The molecule has 0 aliphatic carbocycles. The number of halogens is 3. The lowest BCUT2D eigenvalue weighted by molar-refractivity contribution is 0.0708. The van der Waals surface area contributed by atoms with E-state index in [2.05, 4.69) is 10.6 Å². The van der Waals surface area contributed by atoms with Crippen molar-refractivity contribution in [3.63, 3.8) is 0 Å². The molecule has 1 aliphatic heterocycles. The summed E-state index contributed by atoms with van der Waals surface area (Å²) in [4.78, 5) is 26.2. The van der Waals surface area contributed by atoms with Gasteiger partial charge in [-0.3, -0.25) is 4.79 Å². The van der Waals surface area contributed by atoms with Gasteiger partial charge in [-0.1, -0.05) is 41.4 Å². The van der Waals surface area contributed by atoms with Crippen LogP contribution in [0.15, 0.2) is 42.5 Å². The molecule has 27 heavy (non-hydrogen) atoms. The van der Waals surface area contributed by atoms with Crippen molar-refractivity contribution in [3.8, 4) is 0 Å². The summed E-state index contributed by atoms with van der Waals surface area (Å²) < 4.78 is 13.7. The molecule has 2 aromatic rings. The van der Waals surface area contributed by atoms with Crippen molar-refractivity contribution >= 4 is 40.8 Å². The number of amides is 3. The zero-order valence-electron chi connectivity index (χ0n) is 14.3. The molecule has 0 saturated carbocycles. The lowest BCUT2D eigenvalue weighted by Crippen LogP contribution is -2.47. The van der Waals surface area contributed by atoms with Crippen LogP contribution in [-0.4, -0.2) is 36.0 Å². The monoisotopic (exact) mass is 409 g/mol. The first kappa shape index (κ1) is 19.5. The van der Waals surface area contributed by atoms with Gasteiger partial charge in [0.15, 0.2) is 0 Å². The summed E-state index contributed by atoms with van der Waals surface area (Å²) in [6.45, 7) is 0.880. The Morgan fingerprint density at radius 3 is 2.37 bits per heavy atom. The van der Waals surface area contributed by atoms with Gasteiger partial charge in [0.05, 0.1) is 15.6 Å². The SMILES string of the molecule is O=C(Nc1ccccc1)NC1CCN(C(=O)c2cc(F)c(Cl)cc2Cl)CC1. The number of benzene rings is 2. The van der Waals surface area contributed by atoms with Crippen LogP contribution in [0.2, 0.25) is 10.0 Å². The van der Waals surface area contributed by atoms with Crippen molar-refractivity contribution in [1.82, 2.24) is 10.2 Å². The number of hydrogen-bond donors (Lipinski definition) is 2. The molecule has 3 rings (SSSR count). The van der Waals surface area contributed by atoms with Gasteiger partial charge in [0.25, 0.3) is 5.91 Å². The molecule has 0 aromatic heterocycles. The van der Waals surface area contributed by atoms with E-state index in [0.717, 1.165) is 6.07 Å². The number of para-hydroxylation sites is 1. The third kappa shape index (κ3) is 4.90. The highest BCUT2D eigenvalue weighted by Gasteiger charge is 2.26. The van der Waals surface area contributed by atoms with Gasteiger partial charge in [-0.2, -0.15) is 0 Å². The van der Waals surface area contributed by atoms with Crippen molar-refractivity contribution in [2.45, 2.75) is 18.9 Å². The Labute approximate surface area is 166 Å². The normalized spacial score (nSPS) is 14.7. The molecule has 1 fully saturated rings. The van der Waals surface area contributed by atoms with Gasteiger partial charge in [0, 0.05) is 24.8 Å². The number of nitrogens with zero attached hydrogens (tertiary/aromatic N) is 1. The Morgan fingerprint density at radius 2 is 1.70 bits per heavy atom. The summed E-state index contributed by atoms with van der Waals surface area (Å²) in [6.07, 6.45) is 1.20. The first-order chi connectivity index (χ1) is 12.9. The summed E-state index contributed by atoms with van der Waals surface area (Å²) in [5.41, 5.74) is 0.800. The van der Waals surface area contributed by atoms with Gasteiger partial charge >= 0.3 is 6.03 Å². The average molecular weight is 410 g/mol. The third-order valence-corrected chi connectivity index (χ3v) is 4.99. The van der Waals surface area contributed by atoms with Gasteiger partial charge in [-0.05, 0) is 37.1 Å². The summed E-state index contributed by atoms with van der Waals surface area (Å²) in [6, 6.07) is 11.1. The average Bonchev–Trinajstić information content (AvgIpc) is 2.65. The van der Waals surface area contributed by atoms with E-state index < -0.39 is 5.82 Å². The topological polar surface area (TPSA) is 61.4 Å². The van der Waals surface area contributed by atoms with Crippen LogP contribution in [0.5, 0.6) is 0 Å². The molecule has 8 heteroatoms. The fourth-order valence-corrected chi connectivity index (χ4v) is 3.42. The summed E-state index contributed by atoms with van der Waals surface area (Å²) in [7, 11) is 0. The van der Waals surface area contributed by atoms with E-state index in [4.69, 9.17) is 23.2 Å². The van der Waals surface area contributed by atoms with E-state index in [1.807, 2.05) is 18.2 Å². The number of carbonyl (C=O) groups excluding carboxylic acids is 2. The molecule has 3 amide bonds. The second kappa shape index (κ2) is 8.59. The minimum absolute atomic E-state index is 0.0461. The predicted molar refractivity (Wildman–Crippen MR) is 104 cm³/mol. The maximum atomic E-state index is 13.7. The molecule has 0 atom stereocenters. The maximum Gasteiger partial charge on any atom is 0.319 e. The van der Waals surface area contributed by atoms with Crippen LogP contribution in [0.4, 0.5) is 14.9 Å². The smallest absolute Gasteiger partial charge is 0.319 e. The number of likely N-dealkylation sites (tertiary alicyclic amines) is 1. The molecule has 2 N–H and O–H groups in total. The molecule has 0 radical (unpaired) electrons. The minimum Gasteiger partial charge on any atom is -0.338 e. The largest absolute Gasteiger partial charge is 0.338 e. The van der Waals surface area contributed by atoms with Gasteiger partial charge in [0.2, 0.25) is 0 Å². The molecule has 142 valence electrons. The van der Waals surface area contributed by atoms with Gasteiger partial charge < -0.3 is 15.5 Å². The molecular weight excluding hydrogens is 392 g/mol. The Balaban J connectivity index is 1.53. The number of urea groups is 1. The maximum absolute atomic E-state index is 13.7. The fraction of sp³-hybridized carbons (Fsp3) is 0.263. The van der Waals surface area contributed by atoms with Crippen LogP contribution < -0.4 is 10.6 Å². The molecule has 5 nitrogen and oxygen atoms in total. The molecule has 1 heterocycles. The number of hydrogen-bond acceptors (Lipinski definition) is 2. The highest BCUT2D eigenvalue weighted by atomic mass is 35.5. The quantitative estimate of drug-likeness (QED) is 0.729. The van der Waals surface area contributed by atoms with Crippen LogP contribution in [0, 0.1) is 5.82 Å². The van der Waals surface area contributed by atoms with Crippen LogP contribution in [0.1, 0.15) is 23.2 Å². The zero-order valence-corrected chi connectivity index (χ0v) is 15.9. The Kier molecular flexibility index (Phi) is 6.19. The van der Waals surface area contributed by atoms with Crippen LogP contribution in [-0.2, 0) is 0 Å². The number of rotatable bonds is 3. The first-order valence-corrected chi connectivity index (χ1v) is 9.26. The molecule has 0 unspecified atom stereocenters. The molecule has 1 aliphatic rings. The van der Waals surface area contributed by atoms with Crippen LogP contribution in [0.3, 0.4) is 0 Å². The van der Waals surface area contributed by atoms with Crippen molar-refractivity contribution in [2.75, 3.05) is 18.4 Å².